The number of likely N-dealkylation sites (tertiary alicyclic amines) is 1. The molecule has 2 fully saturated rings. The predicted molar refractivity (Wildman–Crippen MR) is 83.4 cm³/mol. The summed E-state index contributed by atoms with van der Waals surface area (Å²) in [5.74, 6) is -0.104. The molecular weight excluding hydrogens is 333 g/mol. The van der Waals surface area contributed by atoms with Crippen molar-refractivity contribution in [1.82, 2.24) is 15.1 Å². The van der Waals surface area contributed by atoms with Crippen molar-refractivity contribution in [3.8, 4) is 0 Å². The first-order valence-electron chi connectivity index (χ1n) is 6.85. The first-order valence-corrected chi connectivity index (χ1v) is 8.42. The highest BCUT2D eigenvalue weighted by Crippen LogP contribution is 2.32. The summed E-state index contributed by atoms with van der Waals surface area (Å²) < 4.78 is 0.932. The first kappa shape index (κ1) is 14.9. The van der Waals surface area contributed by atoms with Gasteiger partial charge in [0.15, 0.2) is 0 Å². The highest BCUT2D eigenvalue weighted by Gasteiger charge is 2.33. The molecule has 3 rings (SSSR count). The largest absolute Gasteiger partial charge is 0.337 e. The molecule has 2 aliphatic heterocycles. The molecule has 114 valence electrons. The van der Waals surface area contributed by atoms with Crippen LogP contribution in [0.4, 0.5) is 4.79 Å². The molecule has 1 aromatic rings. The summed E-state index contributed by atoms with van der Waals surface area (Å²) in [6, 6.07) is 1.66. The van der Waals surface area contributed by atoms with E-state index < -0.39 is 0 Å². The van der Waals surface area contributed by atoms with E-state index in [2.05, 4.69) is 5.32 Å². The summed E-state index contributed by atoms with van der Waals surface area (Å²) in [6.07, 6.45) is 1.81. The number of hydrogen-bond acceptors (Lipinski definition) is 3. The lowest BCUT2D eigenvalue weighted by Crippen LogP contribution is -2.50. The summed E-state index contributed by atoms with van der Waals surface area (Å²) in [5, 5.41) is 2.80. The maximum absolute atomic E-state index is 12.5. The molecule has 2 saturated heterocycles. The second-order valence-corrected chi connectivity index (χ2v) is 7.50. The molecule has 0 saturated carbocycles. The smallest absolute Gasteiger partial charge is 0.317 e. The number of nitrogens with zero attached hydrogens (tertiary/aromatic N) is 2. The fourth-order valence-electron chi connectivity index (χ4n) is 2.88. The van der Waals surface area contributed by atoms with Crippen molar-refractivity contribution < 1.29 is 9.59 Å². The van der Waals surface area contributed by atoms with Crippen molar-refractivity contribution in [1.29, 1.82) is 0 Å². The quantitative estimate of drug-likeness (QED) is 0.894. The zero-order valence-electron chi connectivity index (χ0n) is 11.3. The van der Waals surface area contributed by atoms with Gasteiger partial charge < -0.3 is 15.1 Å². The molecule has 0 spiro atoms. The molecule has 8 heteroatoms. The maximum Gasteiger partial charge on any atom is 0.317 e. The van der Waals surface area contributed by atoms with Crippen LogP contribution in [0.2, 0.25) is 8.67 Å². The van der Waals surface area contributed by atoms with E-state index in [1.165, 1.54) is 11.3 Å². The molecule has 0 aromatic carbocycles. The van der Waals surface area contributed by atoms with Crippen LogP contribution in [-0.4, -0.2) is 54.0 Å². The molecule has 3 amide bonds. The van der Waals surface area contributed by atoms with Crippen LogP contribution in [0.1, 0.15) is 23.2 Å². The Hall–Kier alpha value is -0.980. The number of nitrogens with one attached hydrogen (secondary N) is 1. The number of piperidine rings is 1. The van der Waals surface area contributed by atoms with E-state index in [4.69, 9.17) is 23.2 Å². The van der Waals surface area contributed by atoms with Crippen LogP contribution >= 0.6 is 34.5 Å². The van der Waals surface area contributed by atoms with Gasteiger partial charge in [0.1, 0.15) is 4.34 Å². The zero-order chi connectivity index (χ0) is 15.0. The second-order valence-electron chi connectivity index (χ2n) is 5.21. The molecule has 21 heavy (non-hydrogen) atoms. The lowest BCUT2D eigenvalue weighted by Gasteiger charge is -2.37. The summed E-state index contributed by atoms with van der Waals surface area (Å²) in [4.78, 5) is 27.9. The molecule has 5 nitrogen and oxygen atoms in total. The number of rotatable bonds is 2. The SMILES string of the molecule is O=C(c1cc(Cl)sc1Cl)N1CCC[C@H](N2CCNC2=O)C1. The average molecular weight is 348 g/mol. The van der Waals surface area contributed by atoms with Crippen LogP contribution in [0.5, 0.6) is 0 Å². The van der Waals surface area contributed by atoms with Crippen molar-refractivity contribution >= 4 is 46.5 Å². The molecule has 3 heterocycles. The predicted octanol–water partition coefficient (Wildman–Crippen LogP) is 2.68. The van der Waals surface area contributed by atoms with E-state index in [9.17, 15) is 9.59 Å². The lowest BCUT2D eigenvalue weighted by atomic mass is 10.0. The Bertz CT molecular complexity index is 578. The Morgan fingerprint density at radius 3 is 2.81 bits per heavy atom. The minimum atomic E-state index is -0.104. The number of halogens is 2. The number of amides is 3. The fraction of sp³-hybridized carbons (Fsp3) is 0.538. The normalized spacial score (nSPS) is 22.6. The molecule has 0 aliphatic carbocycles. The van der Waals surface area contributed by atoms with Crippen molar-refractivity contribution in [2.45, 2.75) is 18.9 Å². The van der Waals surface area contributed by atoms with Gasteiger partial charge in [-0.05, 0) is 18.9 Å². The van der Waals surface area contributed by atoms with Crippen LogP contribution in [0.3, 0.4) is 0 Å². The highest BCUT2D eigenvalue weighted by molar-refractivity contribution is 7.20. The maximum atomic E-state index is 12.5. The number of thiophene rings is 1. The van der Waals surface area contributed by atoms with Crippen molar-refractivity contribution in [3.63, 3.8) is 0 Å². The van der Waals surface area contributed by atoms with E-state index in [-0.39, 0.29) is 18.0 Å². The Kier molecular flexibility index (Phi) is 4.28. The van der Waals surface area contributed by atoms with Crippen LogP contribution in [0, 0.1) is 0 Å². The summed E-state index contributed by atoms with van der Waals surface area (Å²) in [5.41, 5.74) is 0.457. The van der Waals surface area contributed by atoms with Crippen LogP contribution in [-0.2, 0) is 0 Å². The van der Waals surface area contributed by atoms with E-state index in [0.717, 1.165) is 12.8 Å². The Labute approximate surface area is 136 Å². The molecule has 1 N–H and O–H groups in total. The standard InChI is InChI=1S/C13H15Cl2N3O2S/c14-10-6-9(11(15)21-10)12(19)17-4-1-2-8(7-17)18-5-3-16-13(18)20/h6,8H,1-5,7H2,(H,16,20)/t8-/m0/s1. The Morgan fingerprint density at radius 2 is 2.19 bits per heavy atom. The van der Waals surface area contributed by atoms with Crippen molar-refractivity contribution in [2.75, 3.05) is 26.2 Å². The van der Waals surface area contributed by atoms with Gasteiger partial charge in [0.25, 0.3) is 5.91 Å². The lowest BCUT2D eigenvalue weighted by molar-refractivity contribution is 0.0635. The first-order chi connectivity index (χ1) is 10.1. The minimum absolute atomic E-state index is 0.0362. The van der Waals surface area contributed by atoms with E-state index in [1.54, 1.807) is 11.0 Å². The molecule has 2 aliphatic rings. The van der Waals surface area contributed by atoms with Crippen LogP contribution in [0.15, 0.2) is 6.07 Å². The number of urea groups is 1. The average Bonchev–Trinajstić information content (AvgIpc) is 3.03. The van der Waals surface area contributed by atoms with E-state index in [1.807, 2.05) is 4.90 Å². The van der Waals surface area contributed by atoms with E-state index >= 15 is 0 Å². The number of carbonyl (C=O) groups excluding carboxylic acids is 2. The van der Waals surface area contributed by atoms with Crippen molar-refractivity contribution in [3.05, 3.63) is 20.3 Å². The molecule has 1 atom stereocenters. The van der Waals surface area contributed by atoms with Gasteiger partial charge >= 0.3 is 6.03 Å². The number of carbonyl (C=O) groups is 2. The monoisotopic (exact) mass is 347 g/mol. The summed E-state index contributed by atoms with van der Waals surface area (Å²) >= 11 is 13.2. The second kappa shape index (κ2) is 6.02. The molecule has 0 bridgehead atoms. The molecule has 0 radical (unpaired) electrons. The van der Waals surface area contributed by atoms with Gasteiger partial charge in [-0.25, -0.2) is 4.79 Å². The van der Waals surface area contributed by atoms with Crippen molar-refractivity contribution in [2.24, 2.45) is 0 Å². The van der Waals surface area contributed by atoms with Gasteiger partial charge in [-0.1, -0.05) is 23.2 Å². The Balaban J connectivity index is 1.72. The van der Waals surface area contributed by atoms with Gasteiger partial charge in [0.2, 0.25) is 0 Å². The van der Waals surface area contributed by atoms with Crippen LogP contribution < -0.4 is 5.32 Å². The third-order valence-electron chi connectivity index (χ3n) is 3.90. The molecule has 0 unspecified atom stereocenters. The molecular formula is C13H15Cl2N3O2S. The van der Waals surface area contributed by atoms with Gasteiger partial charge in [-0.3, -0.25) is 4.79 Å². The number of hydrogen-bond donors (Lipinski definition) is 1. The van der Waals surface area contributed by atoms with Crippen LogP contribution in [0.25, 0.3) is 0 Å². The third-order valence-corrected chi connectivity index (χ3v) is 5.39. The fourth-order valence-corrected chi connectivity index (χ4v) is 4.33. The summed E-state index contributed by atoms with van der Waals surface area (Å²) in [6.45, 7) is 2.62. The summed E-state index contributed by atoms with van der Waals surface area (Å²) in [7, 11) is 0. The highest BCUT2D eigenvalue weighted by atomic mass is 35.5. The Morgan fingerprint density at radius 1 is 1.38 bits per heavy atom. The van der Waals surface area contributed by atoms with E-state index in [0.29, 0.717) is 40.4 Å². The third kappa shape index (κ3) is 2.98. The topological polar surface area (TPSA) is 52.7 Å². The van der Waals surface area contributed by atoms with Gasteiger partial charge in [-0.2, -0.15) is 0 Å². The van der Waals surface area contributed by atoms with Gasteiger partial charge in [0.05, 0.1) is 15.9 Å². The van der Waals surface area contributed by atoms with Gasteiger partial charge in [0, 0.05) is 26.2 Å². The molecule has 1 aromatic heterocycles. The van der Waals surface area contributed by atoms with Gasteiger partial charge in [-0.15, -0.1) is 11.3 Å². The minimum Gasteiger partial charge on any atom is -0.337 e. The zero-order valence-corrected chi connectivity index (χ0v) is 13.6.